The van der Waals surface area contributed by atoms with E-state index in [2.05, 4.69) is 36.6 Å². The van der Waals surface area contributed by atoms with Crippen LogP contribution in [0.5, 0.6) is 5.75 Å². The minimum atomic E-state index is -0.0665. The minimum absolute atomic E-state index is 0.0665. The molecule has 0 atom stereocenters. The molecule has 0 saturated carbocycles. The Morgan fingerprint density at radius 3 is 2.45 bits per heavy atom. The smallest absolute Gasteiger partial charge is 0.314 e. The third-order valence-corrected chi connectivity index (χ3v) is 3.01. The molecule has 0 spiro atoms. The van der Waals surface area contributed by atoms with Crippen LogP contribution in [0.3, 0.4) is 0 Å². The van der Waals surface area contributed by atoms with Crippen molar-refractivity contribution in [2.45, 2.75) is 33.1 Å². The van der Waals surface area contributed by atoms with Crippen LogP contribution in [0.2, 0.25) is 0 Å². The Morgan fingerprint density at radius 1 is 1.15 bits per heavy atom. The van der Waals surface area contributed by atoms with Gasteiger partial charge >= 0.3 is 6.03 Å². The van der Waals surface area contributed by atoms with E-state index >= 15 is 0 Å². The molecule has 2 N–H and O–H groups in total. The lowest BCUT2D eigenvalue weighted by molar-refractivity contribution is 0.239. The number of unbranched alkanes of at least 4 members (excludes halogenated alkanes) is 1. The highest BCUT2D eigenvalue weighted by Crippen LogP contribution is 2.12. The van der Waals surface area contributed by atoms with Crippen LogP contribution in [-0.2, 0) is 6.42 Å². The summed E-state index contributed by atoms with van der Waals surface area (Å²) in [5, 5.41) is 5.71. The molecule has 0 radical (unpaired) electrons. The van der Waals surface area contributed by atoms with Crippen molar-refractivity contribution < 1.29 is 9.53 Å². The number of ether oxygens (including phenoxy) is 1. The maximum Gasteiger partial charge on any atom is 0.314 e. The van der Waals surface area contributed by atoms with Crippen molar-refractivity contribution in [2.24, 2.45) is 5.92 Å². The number of rotatable bonds is 8. The molecular formula is C16H26N2O2. The van der Waals surface area contributed by atoms with Crippen molar-refractivity contribution >= 4 is 6.03 Å². The lowest BCUT2D eigenvalue weighted by Crippen LogP contribution is -2.37. The Morgan fingerprint density at radius 2 is 1.85 bits per heavy atom. The van der Waals surface area contributed by atoms with Crippen molar-refractivity contribution in [1.29, 1.82) is 0 Å². The van der Waals surface area contributed by atoms with Gasteiger partial charge in [0.15, 0.2) is 0 Å². The van der Waals surface area contributed by atoms with E-state index in [4.69, 9.17) is 4.74 Å². The number of carbonyl (C=O) groups is 1. The summed E-state index contributed by atoms with van der Waals surface area (Å²) >= 11 is 0. The summed E-state index contributed by atoms with van der Waals surface area (Å²) in [7, 11) is 1.67. The topological polar surface area (TPSA) is 50.4 Å². The molecule has 1 aromatic rings. The summed E-state index contributed by atoms with van der Waals surface area (Å²) in [6, 6.07) is 8.06. The number of hydrogen-bond donors (Lipinski definition) is 2. The highest BCUT2D eigenvalue weighted by molar-refractivity contribution is 5.73. The van der Waals surface area contributed by atoms with E-state index in [-0.39, 0.29) is 6.03 Å². The van der Waals surface area contributed by atoms with Gasteiger partial charge in [-0.3, -0.25) is 0 Å². The van der Waals surface area contributed by atoms with Crippen LogP contribution in [0.25, 0.3) is 0 Å². The van der Waals surface area contributed by atoms with Gasteiger partial charge in [0.1, 0.15) is 5.75 Å². The molecule has 1 aromatic carbocycles. The summed E-state index contributed by atoms with van der Waals surface area (Å²) in [5.41, 5.74) is 1.30. The van der Waals surface area contributed by atoms with Gasteiger partial charge in [-0.05, 0) is 42.9 Å². The highest BCUT2D eigenvalue weighted by Gasteiger charge is 2.00. The first-order valence-electron chi connectivity index (χ1n) is 7.26. The van der Waals surface area contributed by atoms with E-state index in [1.54, 1.807) is 7.11 Å². The van der Waals surface area contributed by atoms with E-state index in [9.17, 15) is 4.79 Å². The van der Waals surface area contributed by atoms with Gasteiger partial charge in [-0.1, -0.05) is 26.0 Å². The van der Waals surface area contributed by atoms with Crippen LogP contribution >= 0.6 is 0 Å². The van der Waals surface area contributed by atoms with Gasteiger partial charge in [0.25, 0.3) is 0 Å². The van der Waals surface area contributed by atoms with Gasteiger partial charge in [0, 0.05) is 13.1 Å². The average molecular weight is 278 g/mol. The fraction of sp³-hybridized carbons (Fsp3) is 0.562. The number of urea groups is 1. The second kappa shape index (κ2) is 9.23. The third-order valence-electron chi connectivity index (χ3n) is 3.01. The zero-order valence-corrected chi connectivity index (χ0v) is 12.7. The van der Waals surface area contributed by atoms with E-state index < -0.39 is 0 Å². The molecule has 0 aliphatic rings. The van der Waals surface area contributed by atoms with Gasteiger partial charge in [-0.15, -0.1) is 0 Å². The number of methoxy groups -OCH3 is 1. The maximum atomic E-state index is 11.4. The van der Waals surface area contributed by atoms with E-state index in [1.165, 1.54) is 5.56 Å². The first kappa shape index (κ1) is 16.3. The Labute approximate surface area is 121 Å². The SMILES string of the molecule is COc1ccc(CCCCNC(=O)NCC(C)C)cc1. The lowest BCUT2D eigenvalue weighted by atomic mass is 10.1. The molecule has 4 nitrogen and oxygen atoms in total. The average Bonchev–Trinajstić information content (AvgIpc) is 2.45. The Hall–Kier alpha value is -1.71. The third kappa shape index (κ3) is 7.02. The molecule has 0 aliphatic carbocycles. The van der Waals surface area contributed by atoms with Crippen molar-refractivity contribution in [3.8, 4) is 5.75 Å². The van der Waals surface area contributed by atoms with Gasteiger partial charge in [-0.25, -0.2) is 4.79 Å². The fourth-order valence-electron chi connectivity index (χ4n) is 1.81. The van der Waals surface area contributed by atoms with E-state index in [0.29, 0.717) is 5.92 Å². The zero-order chi connectivity index (χ0) is 14.8. The van der Waals surface area contributed by atoms with Crippen LogP contribution in [0.1, 0.15) is 32.3 Å². The van der Waals surface area contributed by atoms with Crippen LogP contribution in [-0.4, -0.2) is 26.2 Å². The molecule has 0 bridgehead atoms. The van der Waals surface area contributed by atoms with E-state index in [0.717, 1.165) is 38.1 Å². The monoisotopic (exact) mass is 278 g/mol. The Kier molecular flexibility index (Phi) is 7.55. The summed E-state index contributed by atoms with van der Waals surface area (Å²) < 4.78 is 5.12. The molecule has 2 amide bonds. The molecular weight excluding hydrogens is 252 g/mol. The molecule has 112 valence electrons. The number of carbonyl (C=O) groups excluding carboxylic acids is 1. The van der Waals surface area contributed by atoms with E-state index in [1.807, 2.05) is 12.1 Å². The number of benzene rings is 1. The highest BCUT2D eigenvalue weighted by atomic mass is 16.5. The molecule has 20 heavy (non-hydrogen) atoms. The van der Waals surface area contributed by atoms with Crippen LogP contribution in [0.15, 0.2) is 24.3 Å². The molecule has 0 heterocycles. The number of nitrogens with one attached hydrogen (secondary N) is 2. The van der Waals surface area contributed by atoms with Gasteiger partial charge < -0.3 is 15.4 Å². The zero-order valence-electron chi connectivity index (χ0n) is 12.7. The lowest BCUT2D eigenvalue weighted by Gasteiger charge is -2.09. The minimum Gasteiger partial charge on any atom is -0.497 e. The molecule has 0 aromatic heterocycles. The van der Waals surface area contributed by atoms with Crippen LogP contribution in [0, 0.1) is 5.92 Å². The quantitative estimate of drug-likeness (QED) is 0.718. The number of hydrogen-bond acceptors (Lipinski definition) is 2. The molecule has 4 heteroatoms. The maximum absolute atomic E-state index is 11.4. The van der Waals surface area contributed by atoms with Gasteiger partial charge in [-0.2, -0.15) is 0 Å². The Balaban J connectivity index is 2.08. The first-order valence-corrected chi connectivity index (χ1v) is 7.26. The summed E-state index contributed by atoms with van der Waals surface area (Å²) in [6.07, 6.45) is 3.08. The number of amides is 2. The normalized spacial score (nSPS) is 10.4. The van der Waals surface area contributed by atoms with Crippen molar-refractivity contribution in [3.63, 3.8) is 0 Å². The molecule has 1 rings (SSSR count). The second-order valence-electron chi connectivity index (χ2n) is 5.34. The van der Waals surface area contributed by atoms with Crippen molar-refractivity contribution in [2.75, 3.05) is 20.2 Å². The van der Waals surface area contributed by atoms with Crippen LogP contribution < -0.4 is 15.4 Å². The molecule has 0 saturated heterocycles. The molecule has 0 fully saturated rings. The number of aryl methyl sites for hydroxylation is 1. The molecule has 0 aliphatic heterocycles. The summed E-state index contributed by atoms with van der Waals surface area (Å²) in [4.78, 5) is 11.4. The predicted molar refractivity (Wildman–Crippen MR) is 82.2 cm³/mol. The fourth-order valence-corrected chi connectivity index (χ4v) is 1.81. The van der Waals surface area contributed by atoms with Crippen molar-refractivity contribution in [3.05, 3.63) is 29.8 Å². The van der Waals surface area contributed by atoms with Gasteiger partial charge in [0.2, 0.25) is 0 Å². The second-order valence-corrected chi connectivity index (χ2v) is 5.34. The first-order chi connectivity index (χ1) is 9.61. The van der Waals surface area contributed by atoms with Gasteiger partial charge in [0.05, 0.1) is 7.11 Å². The Bertz CT molecular complexity index is 388. The summed E-state index contributed by atoms with van der Waals surface area (Å²) in [6.45, 7) is 5.60. The van der Waals surface area contributed by atoms with Crippen molar-refractivity contribution in [1.82, 2.24) is 10.6 Å². The molecule has 0 unspecified atom stereocenters. The predicted octanol–water partition coefficient (Wildman–Crippen LogP) is 2.97. The standard InChI is InChI=1S/C16H26N2O2/c1-13(2)12-18-16(19)17-11-5-4-6-14-7-9-15(20-3)10-8-14/h7-10,13H,4-6,11-12H2,1-3H3,(H2,17,18,19). The van der Waals surface area contributed by atoms with Crippen LogP contribution in [0.4, 0.5) is 4.79 Å². The summed E-state index contributed by atoms with van der Waals surface area (Å²) in [5.74, 6) is 1.37. The largest absolute Gasteiger partial charge is 0.497 e.